The van der Waals surface area contributed by atoms with Gasteiger partial charge in [0.2, 0.25) is 0 Å². The van der Waals surface area contributed by atoms with E-state index in [4.69, 9.17) is 4.74 Å². The van der Waals surface area contributed by atoms with Crippen molar-refractivity contribution in [2.24, 2.45) is 34.5 Å². The molecular weight excluding hydrogens is 320 g/mol. The van der Waals surface area contributed by atoms with Gasteiger partial charge >= 0.3 is 0 Å². The van der Waals surface area contributed by atoms with Crippen LogP contribution >= 0.6 is 0 Å². The van der Waals surface area contributed by atoms with E-state index in [1.54, 1.807) is 6.92 Å². The van der Waals surface area contributed by atoms with Crippen molar-refractivity contribution >= 4 is 0 Å². The number of fused-ring (bicyclic) bond motifs is 3. The first kappa shape index (κ1) is 16.9. The molecular formula is C20H32O5. The first-order valence-electron chi connectivity index (χ1n) is 9.87. The van der Waals surface area contributed by atoms with Crippen molar-refractivity contribution in [1.29, 1.82) is 0 Å². The van der Waals surface area contributed by atoms with Crippen LogP contribution in [0.2, 0.25) is 0 Å². The standard InChI is InChI=1S/C20H32O5/c1-10(2)11-8-12-15(3)9-19(23)17(11,5)20(12,24)14(25-19)13-16(4,21)6-7-18(13,15)22/h10-14,21-24H,6-9H2,1-5H3/t11-,12-,13+,14+,15+,16-,17+,18+,19-,20+/m0/s1. The molecule has 1 heterocycles. The summed E-state index contributed by atoms with van der Waals surface area (Å²) in [6.45, 7) is 10.0. The first-order valence-corrected chi connectivity index (χ1v) is 9.87. The Morgan fingerprint density at radius 3 is 2.24 bits per heavy atom. The van der Waals surface area contributed by atoms with E-state index in [2.05, 4.69) is 13.8 Å². The highest BCUT2D eigenvalue weighted by molar-refractivity contribution is 5.38. The normalized spacial score (nSPS) is 70.3. The molecule has 0 radical (unpaired) electrons. The van der Waals surface area contributed by atoms with Crippen LogP contribution < -0.4 is 0 Å². The second-order valence-electron chi connectivity index (χ2n) is 10.8. The van der Waals surface area contributed by atoms with Gasteiger partial charge in [-0.1, -0.05) is 27.7 Å². The van der Waals surface area contributed by atoms with Gasteiger partial charge in [-0.05, 0) is 43.9 Å². The summed E-state index contributed by atoms with van der Waals surface area (Å²) in [5.41, 5.74) is -4.88. The quantitative estimate of drug-likeness (QED) is 0.573. The third kappa shape index (κ3) is 1.31. The predicted octanol–water partition coefficient (Wildman–Crippen LogP) is 1.42. The topological polar surface area (TPSA) is 90.2 Å². The zero-order chi connectivity index (χ0) is 18.4. The number of ether oxygens (including phenoxy) is 1. The van der Waals surface area contributed by atoms with E-state index in [9.17, 15) is 20.4 Å². The summed E-state index contributed by atoms with van der Waals surface area (Å²) in [7, 11) is 0. The van der Waals surface area contributed by atoms with E-state index >= 15 is 0 Å². The van der Waals surface area contributed by atoms with E-state index in [-0.39, 0.29) is 11.8 Å². The molecule has 0 spiro atoms. The fourth-order valence-corrected chi connectivity index (χ4v) is 8.64. The molecule has 0 amide bonds. The second-order valence-corrected chi connectivity index (χ2v) is 10.8. The monoisotopic (exact) mass is 352 g/mol. The summed E-state index contributed by atoms with van der Waals surface area (Å²) in [5, 5.41) is 46.6. The molecule has 1 saturated heterocycles. The average molecular weight is 352 g/mol. The Morgan fingerprint density at radius 2 is 1.64 bits per heavy atom. The van der Waals surface area contributed by atoms with E-state index in [0.29, 0.717) is 25.2 Å². The van der Waals surface area contributed by atoms with E-state index < -0.39 is 45.4 Å². The summed E-state index contributed by atoms with van der Waals surface area (Å²) in [6.07, 6.45) is 1.38. The third-order valence-corrected chi connectivity index (χ3v) is 9.83. The van der Waals surface area contributed by atoms with Crippen molar-refractivity contribution < 1.29 is 25.2 Å². The van der Waals surface area contributed by atoms with Gasteiger partial charge in [0.25, 0.3) is 0 Å². The number of hydrogen-bond acceptors (Lipinski definition) is 5. The van der Waals surface area contributed by atoms with Crippen molar-refractivity contribution in [3.8, 4) is 0 Å². The lowest BCUT2D eigenvalue weighted by Gasteiger charge is -2.65. The van der Waals surface area contributed by atoms with Gasteiger partial charge in [-0.15, -0.1) is 0 Å². The zero-order valence-corrected chi connectivity index (χ0v) is 15.9. The van der Waals surface area contributed by atoms with Crippen LogP contribution in [0.25, 0.3) is 0 Å². The summed E-state index contributed by atoms with van der Waals surface area (Å²) in [4.78, 5) is 0. The smallest absolute Gasteiger partial charge is 0.175 e. The van der Waals surface area contributed by atoms with Gasteiger partial charge in [-0.25, -0.2) is 0 Å². The predicted molar refractivity (Wildman–Crippen MR) is 90.3 cm³/mol. The molecule has 5 rings (SSSR count). The summed E-state index contributed by atoms with van der Waals surface area (Å²) in [5.74, 6) is -1.75. The molecule has 5 nitrogen and oxygen atoms in total. The molecule has 4 N–H and O–H groups in total. The van der Waals surface area contributed by atoms with E-state index in [1.165, 1.54) is 0 Å². The lowest BCUT2D eigenvalue weighted by atomic mass is 9.41. The van der Waals surface area contributed by atoms with Gasteiger partial charge in [-0.3, -0.25) is 0 Å². The molecule has 5 fully saturated rings. The van der Waals surface area contributed by atoms with Crippen molar-refractivity contribution in [3.05, 3.63) is 0 Å². The van der Waals surface area contributed by atoms with Crippen LogP contribution in [-0.2, 0) is 4.74 Å². The summed E-state index contributed by atoms with van der Waals surface area (Å²) < 4.78 is 6.25. The highest BCUT2D eigenvalue weighted by atomic mass is 16.7. The van der Waals surface area contributed by atoms with Gasteiger partial charge in [0, 0.05) is 17.8 Å². The highest BCUT2D eigenvalue weighted by Gasteiger charge is 2.92. The molecule has 5 aliphatic rings. The third-order valence-electron chi connectivity index (χ3n) is 9.83. The van der Waals surface area contributed by atoms with Crippen LogP contribution in [0.1, 0.15) is 60.3 Å². The van der Waals surface area contributed by atoms with Crippen molar-refractivity contribution in [2.45, 2.75) is 89.0 Å². The Morgan fingerprint density at radius 1 is 1.00 bits per heavy atom. The minimum absolute atomic E-state index is 0.117. The minimum Gasteiger partial charge on any atom is -0.390 e. The van der Waals surface area contributed by atoms with Crippen LogP contribution in [0.3, 0.4) is 0 Å². The van der Waals surface area contributed by atoms with Gasteiger partial charge in [0.1, 0.15) is 5.60 Å². The molecule has 5 bridgehead atoms. The molecule has 0 unspecified atom stereocenters. The Labute approximate surface area is 149 Å². The Hall–Kier alpha value is -0.200. The zero-order valence-electron chi connectivity index (χ0n) is 15.9. The summed E-state index contributed by atoms with van der Waals surface area (Å²) in [6, 6.07) is 0. The lowest BCUT2D eigenvalue weighted by Crippen LogP contribution is -2.76. The Balaban J connectivity index is 1.81. The van der Waals surface area contributed by atoms with Gasteiger partial charge in [0.05, 0.1) is 22.7 Å². The van der Waals surface area contributed by atoms with Crippen LogP contribution in [0.15, 0.2) is 0 Å². The van der Waals surface area contributed by atoms with Crippen LogP contribution in [0.4, 0.5) is 0 Å². The van der Waals surface area contributed by atoms with Gasteiger partial charge in [0.15, 0.2) is 5.79 Å². The summed E-state index contributed by atoms with van der Waals surface area (Å²) >= 11 is 0. The van der Waals surface area contributed by atoms with Crippen molar-refractivity contribution in [1.82, 2.24) is 0 Å². The fraction of sp³-hybridized carbons (Fsp3) is 1.00. The van der Waals surface area contributed by atoms with Crippen molar-refractivity contribution in [2.75, 3.05) is 0 Å². The van der Waals surface area contributed by atoms with Crippen LogP contribution in [-0.4, -0.2) is 49.1 Å². The molecule has 0 aromatic carbocycles. The fourth-order valence-electron chi connectivity index (χ4n) is 8.64. The van der Waals surface area contributed by atoms with Crippen LogP contribution in [0, 0.1) is 34.5 Å². The molecule has 10 atom stereocenters. The maximum Gasteiger partial charge on any atom is 0.175 e. The SMILES string of the molecule is CC(C)[C@@H]1C[C@@H]2[C@@]3(O)[C@@H]4O[C@@](O)(C[C@@]2(C)[C@@]2(O)CC[C@](C)(O)[C@@H]42)[C@@]13C. The highest BCUT2D eigenvalue weighted by Crippen LogP contribution is 2.83. The number of aliphatic hydroxyl groups is 4. The molecule has 0 aromatic heterocycles. The van der Waals surface area contributed by atoms with E-state index in [1.807, 2.05) is 13.8 Å². The number of hydrogen-bond donors (Lipinski definition) is 4. The van der Waals surface area contributed by atoms with Gasteiger partial charge in [-0.2, -0.15) is 0 Å². The molecule has 142 valence electrons. The Bertz CT molecular complexity index is 662. The number of rotatable bonds is 1. The molecule has 4 aliphatic carbocycles. The molecule has 5 heteroatoms. The molecule has 0 aromatic rings. The molecule has 4 saturated carbocycles. The Kier molecular flexibility index (Phi) is 2.69. The largest absolute Gasteiger partial charge is 0.390 e. The maximum atomic E-state index is 12.1. The lowest BCUT2D eigenvalue weighted by molar-refractivity contribution is -0.304. The first-order chi connectivity index (χ1) is 11.3. The molecule has 1 aliphatic heterocycles. The minimum atomic E-state index is -1.46. The second kappa shape index (κ2) is 3.97. The van der Waals surface area contributed by atoms with Crippen molar-refractivity contribution in [3.63, 3.8) is 0 Å². The molecule has 25 heavy (non-hydrogen) atoms. The average Bonchev–Trinajstić information content (AvgIpc) is 2.86. The van der Waals surface area contributed by atoms with Crippen LogP contribution in [0.5, 0.6) is 0 Å². The maximum absolute atomic E-state index is 12.1. The van der Waals surface area contributed by atoms with Gasteiger partial charge < -0.3 is 25.2 Å². The van der Waals surface area contributed by atoms with E-state index in [0.717, 1.165) is 6.42 Å².